The highest BCUT2D eigenvalue weighted by Crippen LogP contribution is 2.50. The Bertz CT molecular complexity index is 315. The van der Waals surface area contributed by atoms with E-state index in [0.29, 0.717) is 25.7 Å². The summed E-state index contributed by atoms with van der Waals surface area (Å²) >= 11 is 0. The highest BCUT2D eigenvalue weighted by Gasteiger charge is 2.72. The van der Waals surface area contributed by atoms with E-state index in [1.165, 1.54) is 0 Å². The molecule has 0 unspecified atom stereocenters. The Kier molecular flexibility index (Phi) is 4.41. The Morgan fingerprint density at radius 2 is 1.37 bits per heavy atom. The number of amides is 1. The van der Waals surface area contributed by atoms with Crippen LogP contribution in [0.2, 0.25) is 0 Å². The number of halogens is 6. The lowest BCUT2D eigenvalue weighted by Gasteiger charge is -2.34. The lowest BCUT2D eigenvalue weighted by molar-refractivity contribution is -0.319. The van der Waals surface area contributed by atoms with Gasteiger partial charge in [0, 0.05) is 6.04 Å². The zero-order valence-electron chi connectivity index (χ0n) is 10.3. The smallest absolute Gasteiger partial charge is 0.352 e. The zero-order chi connectivity index (χ0) is 14.9. The summed E-state index contributed by atoms with van der Waals surface area (Å²) in [7, 11) is 0. The van der Waals surface area contributed by atoms with Crippen LogP contribution < -0.4 is 5.32 Å². The van der Waals surface area contributed by atoms with Crippen molar-refractivity contribution >= 4 is 5.91 Å². The maximum absolute atomic E-state index is 12.6. The van der Waals surface area contributed by atoms with Crippen LogP contribution >= 0.6 is 0 Å². The fourth-order valence-corrected chi connectivity index (χ4v) is 1.99. The van der Waals surface area contributed by atoms with Gasteiger partial charge in [0.05, 0.1) is 0 Å². The Hall–Kier alpha value is -0.950. The summed E-state index contributed by atoms with van der Waals surface area (Å²) in [6.45, 7) is -0.120. The van der Waals surface area contributed by atoms with Crippen molar-refractivity contribution in [1.29, 1.82) is 0 Å². The van der Waals surface area contributed by atoms with Crippen molar-refractivity contribution in [3.8, 4) is 0 Å². The maximum Gasteiger partial charge on any atom is 0.411 e. The second-order valence-electron chi connectivity index (χ2n) is 4.93. The van der Waals surface area contributed by atoms with E-state index in [9.17, 15) is 31.1 Å². The second kappa shape index (κ2) is 5.20. The largest absolute Gasteiger partial charge is 0.411 e. The SMILES string of the molecule is CC(C(=O)NC1CCCCC1)(C(F)(F)F)C(F)(F)F. The molecule has 0 bridgehead atoms. The maximum atomic E-state index is 12.6. The molecule has 0 spiro atoms. The average molecular weight is 291 g/mol. The number of carbonyl (C=O) groups is 1. The Balaban J connectivity index is 2.90. The molecular weight excluding hydrogens is 276 g/mol. The number of nitrogens with one attached hydrogen (secondary N) is 1. The average Bonchev–Trinajstić information content (AvgIpc) is 2.26. The zero-order valence-corrected chi connectivity index (χ0v) is 10.3. The van der Waals surface area contributed by atoms with Gasteiger partial charge < -0.3 is 5.32 Å². The molecule has 112 valence electrons. The van der Waals surface area contributed by atoms with Gasteiger partial charge in [-0.15, -0.1) is 0 Å². The molecule has 8 heteroatoms. The topological polar surface area (TPSA) is 29.1 Å². The number of alkyl halides is 6. The van der Waals surface area contributed by atoms with E-state index in [-0.39, 0.29) is 6.92 Å². The minimum Gasteiger partial charge on any atom is -0.352 e. The van der Waals surface area contributed by atoms with Crippen LogP contribution in [0.25, 0.3) is 0 Å². The van der Waals surface area contributed by atoms with Gasteiger partial charge in [-0.1, -0.05) is 19.3 Å². The first kappa shape index (κ1) is 16.1. The van der Waals surface area contributed by atoms with Crippen molar-refractivity contribution in [3.63, 3.8) is 0 Å². The summed E-state index contributed by atoms with van der Waals surface area (Å²) in [4.78, 5) is 11.5. The molecule has 0 aromatic carbocycles. The molecule has 0 saturated heterocycles. The molecule has 0 aromatic rings. The van der Waals surface area contributed by atoms with Gasteiger partial charge in [-0.05, 0) is 19.8 Å². The standard InChI is InChI=1S/C11H15F6NO/c1-9(10(12,13)14,11(15,16)17)8(19)18-7-5-3-2-4-6-7/h7H,2-6H2,1H3,(H,18,19). The first-order valence-corrected chi connectivity index (χ1v) is 5.94. The van der Waals surface area contributed by atoms with E-state index in [0.717, 1.165) is 6.42 Å². The van der Waals surface area contributed by atoms with Gasteiger partial charge in [-0.25, -0.2) is 0 Å². The van der Waals surface area contributed by atoms with Crippen molar-refractivity contribution in [3.05, 3.63) is 0 Å². The van der Waals surface area contributed by atoms with Crippen LogP contribution in [-0.2, 0) is 4.79 Å². The van der Waals surface area contributed by atoms with E-state index >= 15 is 0 Å². The van der Waals surface area contributed by atoms with Gasteiger partial charge in [-0.3, -0.25) is 4.79 Å². The normalized spacial score (nSPS) is 19.3. The number of carbonyl (C=O) groups excluding carboxylic acids is 1. The molecule has 0 atom stereocenters. The van der Waals surface area contributed by atoms with Crippen LogP contribution in [0.4, 0.5) is 26.3 Å². The third-order valence-corrected chi connectivity index (χ3v) is 3.53. The predicted molar refractivity (Wildman–Crippen MR) is 55.2 cm³/mol. The molecule has 0 aromatic heterocycles. The Labute approximate surface area is 106 Å². The van der Waals surface area contributed by atoms with E-state index in [1.807, 2.05) is 5.32 Å². The quantitative estimate of drug-likeness (QED) is 0.774. The Morgan fingerprint density at radius 1 is 0.947 bits per heavy atom. The van der Waals surface area contributed by atoms with Crippen molar-refractivity contribution in [2.24, 2.45) is 5.41 Å². The molecule has 1 N–H and O–H groups in total. The summed E-state index contributed by atoms with van der Waals surface area (Å²) in [5.41, 5.74) is -4.36. The molecule has 1 amide bonds. The van der Waals surface area contributed by atoms with Gasteiger partial charge in [0.25, 0.3) is 0 Å². The van der Waals surface area contributed by atoms with Gasteiger partial charge in [0.1, 0.15) is 0 Å². The number of hydrogen-bond acceptors (Lipinski definition) is 1. The lowest BCUT2D eigenvalue weighted by atomic mass is 9.86. The highest BCUT2D eigenvalue weighted by molar-refractivity contribution is 5.84. The van der Waals surface area contributed by atoms with Crippen molar-refractivity contribution < 1.29 is 31.1 Å². The fraction of sp³-hybridized carbons (Fsp3) is 0.909. The van der Waals surface area contributed by atoms with Crippen LogP contribution in [-0.4, -0.2) is 24.3 Å². The van der Waals surface area contributed by atoms with E-state index in [4.69, 9.17) is 0 Å². The van der Waals surface area contributed by atoms with E-state index in [2.05, 4.69) is 0 Å². The molecule has 1 aliphatic carbocycles. The fourth-order valence-electron chi connectivity index (χ4n) is 1.99. The monoisotopic (exact) mass is 291 g/mol. The molecule has 2 nitrogen and oxygen atoms in total. The Morgan fingerprint density at radius 3 is 1.74 bits per heavy atom. The molecule has 1 aliphatic rings. The molecule has 0 radical (unpaired) electrons. The molecule has 1 saturated carbocycles. The molecule has 19 heavy (non-hydrogen) atoms. The van der Waals surface area contributed by atoms with Crippen molar-refractivity contribution in [2.75, 3.05) is 0 Å². The summed E-state index contributed by atoms with van der Waals surface area (Å²) in [5.74, 6) is -2.01. The minimum atomic E-state index is -5.68. The van der Waals surface area contributed by atoms with E-state index < -0.39 is 29.7 Å². The van der Waals surface area contributed by atoms with E-state index in [1.54, 1.807) is 0 Å². The van der Waals surface area contributed by atoms with Crippen molar-refractivity contribution in [1.82, 2.24) is 5.32 Å². The lowest BCUT2D eigenvalue weighted by Crippen LogP contribution is -2.59. The van der Waals surface area contributed by atoms with Gasteiger partial charge in [0.15, 0.2) is 0 Å². The van der Waals surface area contributed by atoms with Gasteiger partial charge in [-0.2, -0.15) is 26.3 Å². The second-order valence-corrected chi connectivity index (χ2v) is 4.93. The highest BCUT2D eigenvalue weighted by atomic mass is 19.4. The van der Waals surface area contributed by atoms with Gasteiger partial charge in [0.2, 0.25) is 11.3 Å². The van der Waals surface area contributed by atoms with Crippen LogP contribution in [0.1, 0.15) is 39.0 Å². The van der Waals surface area contributed by atoms with Crippen LogP contribution in [0.5, 0.6) is 0 Å². The third kappa shape index (κ3) is 3.14. The molecule has 0 aliphatic heterocycles. The summed E-state index contributed by atoms with van der Waals surface area (Å²) < 4.78 is 75.7. The predicted octanol–water partition coefficient (Wildman–Crippen LogP) is 3.57. The molecular formula is C11H15F6NO. The summed E-state index contributed by atoms with van der Waals surface area (Å²) in [6.07, 6.45) is -8.26. The molecule has 1 rings (SSSR count). The van der Waals surface area contributed by atoms with Crippen molar-refractivity contribution in [2.45, 2.75) is 57.4 Å². The molecule has 0 heterocycles. The summed E-state index contributed by atoms with van der Waals surface area (Å²) in [5, 5.41) is 1.89. The molecule has 1 fully saturated rings. The van der Waals surface area contributed by atoms with Crippen LogP contribution in [0.15, 0.2) is 0 Å². The van der Waals surface area contributed by atoms with Crippen LogP contribution in [0, 0.1) is 5.41 Å². The summed E-state index contributed by atoms with van der Waals surface area (Å²) in [6, 6.07) is -0.606. The number of hydrogen-bond donors (Lipinski definition) is 1. The number of rotatable bonds is 2. The van der Waals surface area contributed by atoms with Crippen LogP contribution in [0.3, 0.4) is 0 Å². The first-order chi connectivity index (χ1) is 8.50. The first-order valence-electron chi connectivity index (χ1n) is 5.94. The van der Waals surface area contributed by atoms with Gasteiger partial charge >= 0.3 is 12.4 Å². The third-order valence-electron chi connectivity index (χ3n) is 3.53. The minimum absolute atomic E-state index is 0.120.